The minimum Gasteiger partial charge on any atom is -0.340 e. The standard InChI is InChI=1S/C26H25ClN4O/c27-22-10-7-19(8-11-22)14-20-9-12-23(28-15-20)21-4-3-13-30(16-21)26(32)17-31-18-29-24-5-1-2-6-25(24)31/h1-2,5-12,15,18,21H,3-4,13-14,16-17H2. The average molecular weight is 445 g/mol. The number of imidazole rings is 1. The molecule has 1 fully saturated rings. The fourth-order valence-electron chi connectivity index (χ4n) is 4.45. The number of likely N-dealkylation sites (tertiary alicyclic amines) is 1. The largest absolute Gasteiger partial charge is 0.340 e. The SMILES string of the molecule is O=C(Cn1cnc2ccccc21)N1CCCC(c2ccc(Cc3ccc(Cl)cc3)cn2)C1. The summed E-state index contributed by atoms with van der Waals surface area (Å²) in [5.41, 5.74) is 5.36. The first-order valence-corrected chi connectivity index (χ1v) is 11.4. The van der Waals surface area contributed by atoms with Crippen LogP contribution in [0.3, 0.4) is 0 Å². The van der Waals surface area contributed by atoms with Crippen LogP contribution >= 0.6 is 11.6 Å². The van der Waals surface area contributed by atoms with Crippen LogP contribution in [-0.4, -0.2) is 38.4 Å². The van der Waals surface area contributed by atoms with Gasteiger partial charge in [0.2, 0.25) is 5.91 Å². The molecule has 5 rings (SSSR count). The zero-order valence-corrected chi connectivity index (χ0v) is 18.6. The van der Waals surface area contributed by atoms with Crippen molar-refractivity contribution in [1.29, 1.82) is 0 Å². The van der Waals surface area contributed by atoms with E-state index in [4.69, 9.17) is 16.6 Å². The van der Waals surface area contributed by atoms with E-state index in [9.17, 15) is 4.79 Å². The van der Waals surface area contributed by atoms with Gasteiger partial charge in [0, 0.05) is 35.9 Å². The van der Waals surface area contributed by atoms with E-state index in [-0.39, 0.29) is 11.8 Å². The Balaban J connectivity index is 1.23. The Hall–Kier alpha value is -3.18. The number of carbonyl (C=O) groups is 1. The molecule has 0 saturated carbocycles. The van der Waals surface area contributed by atoms with E-state index in [1.807, 2.05) is 64.2 Å². The van der Waals surface area contributed by atoms with Crippen molar-refractivity contribution in [3.63, 3.8) is 0 Å². The third kappa shape index (κ3) is 4.53. The van der Waals surface area contributed by atoms with Crippen molar-refractivity contribution >= 4 is 28.5 Å². The Kier molecular flexibility index (Phi) is 5.91. The molecule has 0 N–H and O–H groups in total. The van der Waals surface area contributed by atoms with E-state index in [1.165, 1.54) is 11.1 Å². The van der Waals surface area contributed by atoms with Crippen LogP contribution in [0.5, 0.6) is 0 Å². The smallest absolute Gasteiger partial charge is 0.242 e. The Bertz CT molecular complexity index is 1220. The number of hydrogen-bond donors (Lipinski definition) is 0. The molecule has 0 aliphatic carbocycles. The molecule has 0 spiro atoms. The van der Waals surface area contributed by atoms with Gasteiger partial charge in [-0.1, -0.05) is 41.9 Å². The highest BCUT2D eigenvalue weighted by molar-refractivity contribution is 6.30. The van der Waals surface area contributed by atoms with Gasteiger partial charge in [0.25, 0.3) is 0 Å². The summed E-state index contributed by atoms with van der Waals surface area (Å²) in [7, 11) is 0. The molecular weight excluding hydrogens is 420 g/mol. The molecule has 1 atom stereocenters. The summed E-state index contributed by atoms with van der Waals surface area (Å²) < 4.78 is 1.94. The summed E-state index contributed by atoms with van der Waals surface area (Å²) in [6.07, 6.45) is 6.60. The van der Waals surface area contributed by atoms with Gasteiger partial charge in [-0.3, -0.25) is 9.78 Å². The summed E-state index contributed by atoms with van der Waals surface area (Å²) in [5.74, 6) is 0.411. The van der Waals surface area contributed by atoms with Gasteiger partial charge in [-0.25, -0.2) is 4.98 Å². The Morgan fingerprint density at radius 2 is 1.81 bits per heavy atom. The number of carbonyl (C=O) groups excluding carboxylic acids is 1. The summed E-state index contributed by atoms with van der Waals surface area (Å²) in [4.78, 5) is 24.1. The van der Waals surface area contributed by atoms with Crippen LogP contribution in [0.15, 0.2) is 73.2 Å². The minimum atomic E-state index is 0.136. The molecule has 2 aromatic carbocycles. The molecule has 3 heterocycles. The number of nitrogens with zero attached hydrogens (tertiary/aromatic N) is 4. The van der Waals surface area contributed by atoms with Crippen molar-refractivity contribution in [2.75, 3.05) is 13.1 Å². The normalized spacial score (nSPS) is 16.4. The van der Waals surface area contributed by atoms with Crippen molar-refractivity contribution in [3.8, 4) is 0 Å². The Morgan fingerprint density at radius 3 is 2.62 bits per heavy atom. The Labute approximate surface area is 192 Å². The number of para-hydroxylation sites is 2. The van der Waals surface area contributed by atoms with Gasteiger partial charge in [0.05, 0.1) is 17.4 Å². The Morgan fingerprint density at radius 1 is 1.00 bits per heavy atom. The molecule has 32 heavy (non-hydrogen) atoms. The number of halogens is 1. The quantitative estimate of drug-likeness (QED) is 0.431. The molecule has 4 aromatic rings. The molecule has 1 unspecified atom stereocenters. The van der Waals surface area contributed by atoms with Crippen LogP contribution in [-0.2, 0) is 17.8 Å². The highest BCUT2D eigenvalue weighted by atomic mass is 35.5. The van der Waals surface area contributed by atoms with Crippen LogP contribution in [0.4, 0.5) is 0 Å². The van der Waals surface area contributed by atoms with Gasteiger partial charge in [0.1, 0.15) is 6.54 Å². The first kappa shape index (κ1) is 20.7. The number of aromatic nitrogens is 3. The van der Waals surface area contributed by atoms with E-state index in [0.717, 1.165) is 54.1 Å². The lowest BCUT2D eigenvalue weighted by atomic mass is 9.93. The first-order valence-electron chi connectivity index (χ1n) is 11.0. The lowest BCUT2D eigenvalue weighted by molar-refractivity contribution is -0.133. The van der Waals surface area contributed by atoms with Crippen molar-refractivity contribution in [2.45, 2.75) is 31.7 Å². The maximum atomic E-state index is 13.0. The van der Waals surface area contributed by atoms with Crippen molar-refractivity contribution < 1.29 is 4.79 Å². The second kappa shape index (κ2) is 9.13. The molecule has 1 aliphatic rings. The maximum absolute atomic E-state index is 13.0. The summed E-state index contributed by atoms with van der Waals surface area (Å²) in [5, 5.41) is 0.750. The van der Waals surface area contributed by atoms with Gasteiger partial charge in [-0.05, 0) is 60.7 Å². The summed E-state index contributed by atoms with van der Waals surface area (Å²) in [6, 6.07) is 20.1. The fourth-order valence-corrected chi connectivity index (χ4v) is 4.57. The average Bonchev–Trinajstić information content (AvgIpc) is 3.24. The van der Waals surface area contributed by atoms with Gasteiger partial charge in [0.15, 0.2) is 0 Å². The van der Waals surface area contributed by atoms with E-state index >= 15 is 0 Å². The lowest BCUT2D eigenvalue weighted by Gasteiger charge is -2.32. The maximum Gasteiger partial charge on any atom is 0.242 e. The number of rotatable bonds is 5. The van der Waals surface area contributed by atoms with Crippen LogP contribution in [0.25, 0.3) is 11.0 Å². The minimum absolute atomic E-state index is 0.136. The number of fused-ring (bicyclic) bond motifs is 1. The molecule has 162 valence electrons. The van der Waals surface area contributed by atoms with E-state index in [0.29, 0.717) is 6.54 Å². The van der Waals surface area contributed by atoms with E-state index < -0.39 is 0 Å². The highest BCUT2D eigenvalue weighted by Crippen LogP contribution is 2.26. The predicted octanol–water partition coefficient (Wildman–Crippen LogP) is 5.08. The summed E-state index contributed by atoms with van der Waals surface area (Å²) in [6.45, 7) is 1.84. The highest BCUT2D eigenvalue weighted by Gasteiger charge is 2.26. The van der Waals surface area contributed by atoms with Crippen molar-refractivity contribution in [1.82, 2.24) is 19.4 Å². The number of pyridine rings is 1. The van der Waals surface area contributed by atoms with Crippen molar-refractivity contribution in [2.24, 2.45) is 0 Å². The molecular formula is C26H25ClN4O. The molecule has 1 amide bonds. The third-order valence-corrected chi connectivity index (χ3v) is 6.45. The van der Waals surface area contributed by atoms with Crippen LogP contribution in [0, 0.1) is 0 Å². The topological polar surface area (TPSA) is 51.0 Å². The van der Waals surface area contributed by atoms with Crippen LogP contribution in [0.2, 0.25) is 5.02 Å². The molecule has 1 aliphatic heterocycles. The second-order valence-corrected chi connectivity index (χ2v) is 8.87. The summed E-state index contributed by atoms with van der Waals surface area (Å²) >= 11 is 5.98. The lowest BCUT2D eigenvalue weighted by Crippen LogP contribution is -2.40. The molecule has 6 heteroatoms. The van der Waals surface area contributed by atoms with Gasteiger partial charge in [-0.15, -0.1) is 0 Å². The zero-order chi connectivity index (χ0) is 21.9. The molecule has 1 saturated heterocycles. The predicted molar refractivity (Wildman–Crippen MR) is 127 cm³/mol. The number of piperidine rings is 1. The van der Waals surface area contributed by atoms with Crippen molar-refractivity contribution in [3.05, 3.63) is 95.0 Å². The molecule has 2 aromatic heterocycles. The van der Waals surface area contributed by atoms with Gasteiger partial charge >= 0.3 is 0 Å². The molecule has 0 bridgehead atoms. The van der Waals surface area contributed by atoms with E-state index in [2.05, 4.69) is 17.1 Å². The second-order valence-electron chi connectivity index (χ2n) is 8.43. The monoisotopic (exact) mass is 444 g/mol. The van der Waals surface area contributed by atoms with Crippen LogP contribution < -0.4 is 0 Å². The third-order valence-electron chi connectivity index (χ3n) is 6.19. The van der Waals surface area contributed by atoms with Gasteiger partial charge < -0.3 is 9.47 Å². The number of benzene rings is 2. The molecule has 0 radical (unpaired) electrons. The van der Waals surface area contributed by atoms with Crippen LogP contribution in [0.1, 0.15) is 35.6 Å². The van der Waals surface area contributed by atoms with Gasteiger partial charge in [-0.2, -0.15) is 0 Å². The van der Waals surface area contributed by atoms with E-state index in [1.54, 1.807) is 6.33 Å². The first-order chi connectivity index (χ1) is 15.7. The fraction of sp³-hybridized carbons (Fsp3) is 0.269. The molecule has 5 nitrogen and oxygen atoms in total. The zero-order valence-electron chi connectivity index (χ0n) is 17.8. The number of amides is 1. The number of hydrogen-bond acceptors (Lipinski definition) is 3.